The molecular formula is C16H17FN2O3S. The zero-order valence-corrected chi connectivity index (χ0v) is 13.5. The Kier molecular flexibility index (Phi) is 5.81. The number of amides is 1. The van der Waals surface area contributed by atoms with Crippen molar-refractivity contribution in [3.63, 3.8) is 0 Å². The molecule has 5 nitrogen and oxygen atoms in total. The van der Waals surface area contributed by atoms with E-state index in [0.29, 0.717) is 23.7 Å². The molecule has 1 heterocycles. The van der Waals surface area contributed by atoms with Gasteiger partial charge in [-0.3, -0.25) is 9.59 Å². The lowest BCUT2D eigenvalue weighted by Crippen LogP contribution is -2.33. The van der Waals surface area contributed by atoms with Gasteiger partial charge in [-0.05, 0) is 24.6 Å². The Morgan fingerprint density at radius 2 is 2.17 bits per heavy atom. The lowest BCUT2D eigenvalue weighted by Gasteiger charge is -2.18. The van der Waals surface area contributed by atoms with E-state index in [4.69, 9.17) is 5.11 Å². The van der Waals surface area contributed by atoms with Crippen molar-refractivity contribution in [1.29, 1.82) is 0 Å². The first kappa shape index (κ1) is 17.1. The Morgan fingerprint density at radius 3 is 2.83 bits per heavy atom. The molecule has 0 fully saturated rings. The molecule has 0 saturated heterocycles. The number of thiazole rings is 1. The number of rotatable bonds is 7. The van der Waals surface area contributed by atoms with Crippen LogP contribution in [0.3, 0.4) is 0 Å². The van der Waals surface area contributed by atoms with Crippen molar-refractivity contribution in [2.45, 2.75) is 19.8 Å². The monoisotopic (exact) mass is 336 g/mol. The van der Waals surface area contributed by atoms with Gasteiger partial charge in [0.1, 0.15) is 11.5 Å². The fourth-order valence-corrected chi connectivity index (χ4v) is 2.91. The molecule has 1 N–H and O–H groups in total. The molecule has 0 aliphatic heterocycles. The molecule has 1 aromatic heterocycles. The quantitative estimate of drug-likeness (QED) is 0.844. The second-order valence-electron chi connectivity index (χ2n) is 4.96. The SMILES string of the molecule is CCN(CCC(=O)O)C(=O)c1csc(Cc2cccc(F)c2)n1. The third-order valence-electron chi connectivity index (χ3n) is 3.28. The number of aliphatic carboxylic acids is 1. The van der Waals surface area contributed by atoms with Gasteiger partial charge < -0.3 is 10.0 Å². The predicted molar refractivity (Wildman–Crippen MR) is 85.2 cm³/mol. The second kappa shape index (κ2) is 7.82. The van der Waals surface area contributed by atoms with E-state index >= 15 is 0 Å². The van der Waals surface area contributed by atoms with Crippen LogP contribution in [-0.4, -0.2) is 40.0 Å². The van der Waals surface area contributed by atoms with Crippen molar-refractivity contribution >= 4 is 23.2 Å². The molecule has 0 saturated carbocycles. The minimum absolute atomic E-state index is 0.0974. The Morgan fingerprint density at radius 1 is 1.39 bits per heavy atom. The van der Waals surface area contributed by atoms with Crippen molar-refractivity contribution in [1.82, 2.24) is 9.88 Å². The number of hydrogen-bond acceptors (Lipinski definition) is 4. The summed E-state index contributed by atoms with van der Waals surface area (Å²) in [6, 6.07) is 6.25. The number of carboxylic acids is 1. The maximum atomic E-state index is 13.2. The summed E-state index contributed by atoms with van der Waals surface area (Å²) in [4.78, 5) is 28.7. The van der Waals surface area contributed by atoms with Crippen LogP contribution >= 0.6 is 11.3 Å². The van der Waals surface area contributed by atoms with Gasteiger partial charge in [0.2, 0.25) is 0 Å². The van der Waals surface area contributed by atoms with E-state index in [9.17, 15) is 14.0 Å². The van der Waals surface area contributed by atoms with Crippen LogP contribution < -0.4 is 0 Å². The zero-order valence-electron chi connectivity index (χ0n) is 12.7. The van der Waals surface area contributed by atoms with Gasteiger partial charge in [-0.25, -0.2) is 9.37 Å². The number of carbonyl (C=O) groups is 2. The van der Waals surface area contributed by atoms with Crippen LogP contribution in [0.15, 0.2) is 29.6 Å². The Hall–Kier alpha value is -2.28. The minimum Gasteiger partial charge on any atom is -0.481 e. The van der Waals surface area contributed by atoms with Gasteiger partial charge in [-0.2, -0.15) is 0 Å². The van der Waals surface area contributed by atoms with Gasteiger partial charge in [-0.1, -0.05) is 12.1 Å². The normalized spacial score (nSPS) is 10.5. The van der Waals surface area contributed by atoms with Crippen molar-refractivity contribution in [3.8, 4) is 0 Å². The highest BCUT2D eigenvalue weighted by molar-refractivity contribution is 7.09. The summed E-state index contributed by atoms with van der Waals surface area (Å²) in [6.07, 6.45) is 0.358. The molecule has 0 unspecified atom stereocenters. The molecule has 0 atom stereocenters. The second-order valence-corrected chi connectivity index (χ2v) is 5.90. The standard InChI is InChI=1S/C16H17FN2O3S/c1-2-19(7-6-15(20)21)16(22)13-10-23-14(18-13)9-11-4-3-5-12(17)8-11/h3-5,8,10H,2,6-7,9H2,1H3,(H,20,21). The molecule has 0 aliphatic rings. The third kappa shape index (κ3) is 4.85. The molecule has 2 aromatic rings. The summed E-state index contributed by atoms with van der Waals surface area (Å²) < 4.78 is 13.2. The van der Waals surface area contributed by atoms with Gasteiger partial charge in [0.05, 0.1) is 11.4 Å². The summed E-state index contributed by atoms with van der Waals surface area (Å²) in [7, 11) is 0. The molecule has 1 amide bonds. The summed E-state index contributed by atoms with van der Waals surface area (Å²) in [5.41, 5.74) is 1.09. The number of carbonyl (C=O) groups excluding carboxylic acids is 1. The van der Waals surface area contributed by atoms with Gasteiger partial charge in [0.15, 0.2) is 0 Å². The Bertz CT molecular complexity index is 702. The Balaban J connectivity index is 2.05. The first-order chi connectivity index (χ1) is 11.0. The molecule has 7 heteroatoms. The average molecular weight is 336 g/mol. The van der Waals surface area contributed by atoms with Crippen molar-refractivity contribution in [2.75, 3.05) is 13.1 Å². The highest BCUT2D eigenvalue weighted by Crippen LogP contribution is 2.17. The van der Waals surface area contributed by atoms with Gasteiger partial charge >= 0.3 is 5.97 Å². The van der Waals surface area contributed by atoms with E-state index in [-0.39, 0.29) is 24.7 Å². The van der Waals surface area contributed by atoms with Crippen LogP contribution in [0.25, 0.3) is 0 Å². The first-order valence-corrected chi connectivity index (χ1v) is 8.07. The van der Waals surface area contributed by atoms with Crippen LogP contribution in [-0.2, 0) is 11.2 Å². The smallest absolute Gasteiger partial charge is 0.305 e. The van der Waals surface area contributed by atoms with E-state index in [1.807, 2.05) is 0 Å². The highest BCUT2D eigenvalue weighted by Gasteiger charge is 2.18. The molecule has 0 aliphatic carbocycles. The summed E-state index contributed by atoms with van der Waals surface area (Å²) >= 11 is 1.33. The van der Waals surface area contributed by atoms with Crippen LogP contribution in [0.5, 0.6) is 0 Å². The lowest BCUT2D eigenvalue weighted by atomic mass is 10.1. The topological polar surface area (TPSA) is 70.5 Å². The fraction of sp³-hybridized carbons (Fsp3) is 0.312. The van der Waals surface area contributed by atoms with E-state index in [2.05, 4.69) is 4.98 Å². The fourth-order valence-electron chi connectivity index (χ4n) is 2.11. The number of halogens is 1. The lowest BCUT2D eigenvalue weighted by molar-refractivity contribution is -0.137. The first-order valence-electron chi connectivity index (χ1n) is 7.19. The average Bonchev–Trinajstić information content (AvgIpc) is 2.96. The summed E-state index contributed by atoms with van der Waals surface area (Å²) in [5.74, 6) is -1.53. The molecule has 23 heavy (non-hydrogen) atoms. The Labute approximate surface area is 137 Å². The molecule has 0 bridgehead atoms. The predicted octanol–water partition coefficient (Wildman–Crippen LogP) is 2.81. The number of benzene rings is 1. The van der Waals surface area contributed by atoms with Crippen LogP contribution in [0.2, 0.25) is 0 Å². The van der Waals surface area contributed by atoms with E-state index in [1.54, 1.807) is 24.4 Å². The summed E-state index contributed by atoms with van der Waals surface area (Å²) in [6.45, 7) is 2.37. The molecule has 0 spiro atoms. The van der Waals surface area contributed by atoms with Crippen LogP contribution in [0.4, 0.5) is 4.39 Å². The van der Waals surface area contributed by atoms with Gasteiger partial charge in [0.25, 0.3) is 5.91 Å². The summed E-state index contributed by atoms with van der Waals surface area (Å²) in [5, 5.41) is 11.1. The zero-order chi connectivity index (χ0) is 16.8. The molecule has 0 radical (unpaired) electrons. The molecular weight excluding hydrogens is 319 g/mol. The van der Waals surface area contributed by atoms with E-state index in [1.165, 1.54) is 28.4 Å². The van der Waals surface area contributed by atoms with Crippen LogP contribution in [0, 0.1) is 5.82 Å². The van der Waals surface area contributed by atoms with Crippen molar-refractivity contribution in [2.24, 2.45) is 0 Å². The molecule has 1 aromatic carbocycles. The highest BCUT2D eigenvalue weighted by atomic mass is 32.1. The number of hydrogen-bond donors (Lipinski definition) is 1. The number of nitrogens with zero attached hydrogens (tertiary/aromatic N) is 2. The maximum Gasteiger partial charge on any atom is 0.305 e. The number of carboxylic acid groups (broad SMARTS) is 1. The van der Waals surface area contributed by atoms with Gasteiger partial charge in [0, 0.05) is 24.9 Å². The van der Waals surface area contributed by atoms with Crippen molar-refractivity contribution < 1.29 is 19.1 Å². The maximum absolute atomic E-state index is 13.2. The molecule has 122 valence electrons. The third-order valence-corrected chi connectivity index (χ3v) is 4.13. The largest absolute Gasteiger partial charge is 0.481 e. The number of aromatic nitrogens is 1. The minimum atomic E-state index is -0.943. The van der Waals surface area contributed by atoms with Crippen LogP contribution in [0.1, 0.15) is 34.4 Å². The van der Waals surface area contributed by atoms with Crippen molar-refractivity contribution in [3.05, 3.63) is 51.7 Å². The van der Waals surface area contributed by atoms with E-state index in [0.717, 1.165) is 5.56 Å². The van der Waals surface area contributed by atoms with E-state index < -0.39 is 5.97 Å². The molecule has 2 rings (SSSR count). The van der Waals surface area contributed by atoms with Gasteiger partial charge in [-0.15, -0.1) is 11.3 Å².